The zero-order valence-corrected chi connectivity index (χ0v) is 14.6. The first-order valence-corrected chi connectivity index (χ1v) is 8.48. The molecule has 3 rings (SSSR count). The van der Waals surface area contributed by atoms with Crippen molar-refractivity contribution in [2.45, 2.75) is 20.4 Å². The highest BCUT2D eigenvalue weighted by molar-refractivity contribution is 5.62. The largest absolute Gasteiger partial charge is 0.467 e. The van der Waals surface area contributed by atoms with Crippen LogP contribution in [-0.2, 0) is 6.54 Å². The molecule has 0 saturated carbocycles. The van der Waals surface area contributed by atoms with E-state index in [1.165, 1.54) is 12.0 Å². The lowest BCUT2D eigenvalue weighted by Gasteiger charge is -2.21. The Morgan fingerprint density at radius 3 is 2.44 bits per heavy atom. The van der Waals surface area contributed by atoms with Crippen LogP contribution in [-0.4, -0.2) is 23.1 Å². The Labute approximate surface area is 147 Å². The molecular formula is C19H23N5O. The van der Waals surface area contributed by atoms with Gasteiger partial charge in [-0.05, 0) is 50.2 Å². The second-order valence-electron chi connectivity index (χ2n) is 5.57. The summed E-state index contributed by atoms with van der Waals surface area (Å²) in [6, 6.07) is 14.0. The van der Waals surface area contributed by atoms with E-state index in [9.17, 15) is 0 Å². The molecule has 0 aliphatic rings. The van der Waals surface area contributed by atoms with Crippen LogP contribution in [0, 0.1) is 0 Å². The first-order valence-electron chi connectivity index (χ1n) is 8.48. The highest BCUT2D eigenvalue weighted by Gasteiger charge is 2.03. The molecule has 6 heteroatoms. The number of benzene rings is 1. The highest BCUT2D eigenvalue weighted by Crippen LogP contribution is 2.21. The molecule has 3 aromatic rings. The van der Waals surface area contributed by atoms with E-state index < -0.39 is 0 Å². The van der Waals surface area contributed by atoms with Gasteiger partial charge in [0.15, 0.2) is 0 Å². The standard InChI is InChI=1S/C19H23N5O/c1-3-24(4-2)16-9-7-15(8-10-16)23-19-12-18(21-14-22-19)20-13-17-6-5-11-25-17/h5-12,14H,3-4,13H2,1-2H3,(H2,20,21,22,23). The molecule has 2 N–H and O–H groups in total. The smallest absolute Gasteiger partial charge is 0.135 e. The fraction of sp³-hybridized carbons (Fsp3) is 0.263. The van der Waals surface area contributed by atoms with Crippen molar-refractivity contribution in [2.75, 3.05) is 28.6 Å². The van der Waals surface area contributed by atoms with Gasteiger partial charge < -0.3 is 20.0 Å². The number of rotatable bonds is 8. The number of nitrogens with zero attached hydrogens (tertiary/aromatic N) is 3. The van der Waals surface area contributed by atoms with Gasteiger partial charge in [-0.1, -0.05) is 0 Å². The number of furan rings is 1. The molecule has 0 atom stereocenters. The summed E-state index contributed by atoms with van der Waals surface area (Å²) in [5, 5.41) is 6.53. The highest BCUT2D eigenvalue weighted by atomic mass is 16.3. The summed E-state index contributed by atoms with van der Waals surface area (Å²) in [4.78, 5) is 10.8. The lowest BCUT2D eigenvalue weighted by Crippen LogP contribution is -2.21. The van der Waals surface area contributed by atoms with Gasteiger partial charge in [-0.25, -0.2) is 9.97 Å². The molecule has 25 heavy (non-hydrogen) atoms. The molecule has 0 amide bonds. The first kappa shape index (κ1) is 16.8. The van der Waals surface area contributed by atoms with Crippen LogP contribution >= 0.6 is 0 Å². The van der Waals surface area contributed by atoms with Crippen molar-refractivity contribution < 1.29 is 4.42 Å². The minimum absolute atomic E-state index is 0.585. The van der Waals surface area contributed by atoms with Crippen molar-refractivity contribution in [1.82, 2.24) is 9.97 Å². The molecule has 0 aliphatic carbocycles. The third-order valence-electron chi connectivity index (χ3n) is 3.96. The number of anilines is 4. The Hall–Kier alpha value is -3.02. The van der Waals surface area contributed by atoms with Gasteiger partial charge in [0.2, 0.25) is 0 Å². The quantitative estimate of drug-likeness (QED) is 0.640. The topological polar surface area (TPSA) is 66.2 Å². The maximum atomic E-state index is 5.30. The van der Waals surface area contributed by atoms with Crippen molar-refractivity contribution >= 4 is 23.0 Å². The van der Waals surface area contributed by atoms with Gasteiger partial charge in [0.1, 0.15) is 23.7 Å². The Morgan fingerprint density at radius 2 is 1.76 bits per heavy atom. The van der Waals surface area contributed by atoms with Gasteiger partial charge in [-0.2, -0.15) is 0 Å². The maximum Gasteiger partial charge on any atom is 0.135 e. The van der Waals surface area contributed by atoms with E-state index in [2.05, 4.69) is 63.6 Å². The number of hydrogen-bond acceptors (Lipinski definition) is 6. The maximum absolute atomic E-state index is 5.30. The van der Waals surface area contributed by atoms with Gasteiger partial charge in [0.25, 0.3) is 0 Å². The molecule has 1 aromatic carbocycles. The van der Waals surface area contributed by atoms with Gasteiger partial charge in [-0.3, -0.25) is 0 Å². The fourth-order valence-corrected chi connectivity index (χ4v) is 2.61. The van der Waals surface area contributed by atoms with E-state index >= 15 is 0 Å². The average Bonchev–Trinajstić information content (AvgIpc) is 3.16. The van der Waals surface area contributed by atoms with Crippen LogP contribution in [0.25, 0.3) is 0 Å². The molecule has 0 aliphatic heterocycles. The molecule has 0 saturated heterocycles. The second kappa shape index (κ2) is 8.19. The molecular weight excluding hydrogens is 314 g/mol. The van der Waals surface area contributed by atoms with Crippen molar-refractivity contribution in [3.8, 4) is 0 Å². The van der Waals surface area contributed by atoms with Crippen LogP contribution in [0.4, 0.5) is 23.0 Å². The number of aromatic nitrogens is 2. The summed E-state index contributed by atoms with van der Waals surface area (Å²) in [5.74, 6) is 2.35. The fourth-order valence-electron chi connectivity index (χ4n) is 2.61. The summed E-state index contributed by atoms with van der Waals surface area (Å²) in [7, 11) is 0. The molecule has 2 aromatic heterocycles. The van der Waals surface area contributed by atoms with E-state index in [0.717, 1.165) is 36.2 Å². The van der Waals surface area contributed by atoms with Crippen LogP contribution < -0.4 is 15.5 Å². The van der Waals surface area contributed by atoms with Crippen molar-refractivity contribution in [3.05, 3.63) is 60.8 Å². The van der Waals surface area contributed by atoms with E-state index in [0.29, 0.717) is 6.54 Å². The van der Waals surface area contributed by atoms with Crippen molar-refractivity contribution in [2.24, 2.45) is 0 Å². The molecule has 6 nitrogen and oxygen atoms in total. The molecule has 0 fully saturated rings. The van der Waals surface area contributed by atoms with Crippen LogP contribution in [0.2, 0.25) is 0 Å². The van der Waals surface area contributed by atoms with Crippen LogP contribution in [0.5, 0.6) is 0 Å². The molecule has 0 spiro atoms. The lowest BCUT2D eigenvalue weighted by molar-refractivity contribution is 0.518. The minimum Gasteiger partial charge on any atom is -0.467 e. The average molecular weight is 337 g/mol. The van der Waals surface area contributed by atoms with Crippen LogP contribution in [0.3, 0.4) is 0 Å². The summed E-state index contributed by atoms with van der Waals surface area (Å²) >= 11 is 0. The predicted octanol–water partition coefficient (Wildman–Crippen LogP) is 4.27. The first-order chi connectivity index (χ1) is 12.3. The minimum atomic E-state index is 0.585. The Kier molecular flexibility index (Phi) is 5.51. The van der Waals surface area contributed by atoms with Gasteiger partial charge >= 0.3 is 0 Å². The lowest BCUT2D eigenvalue weighted by atomic mass is 10.2. The van der Waals surface area contributed by atoms with Gasteiger partial charge in [0.05, 0.1) is 12.8 Å². The van der Waals surface area contributed by atoms with Gasteiger partial charge in [0, 0.05) is 30.5 Å². The van der Waals surface area contributed by atoms with Crippen LogP contribution in [0.1, 0.15) is 19.6 Å². The predicted molar refractivity (Wildman–Crippen MR) is 101 cm³/mol. The summed E-state index contributed by atoms with van der Waals surface area (Å²) in [5.41, 5.74) is 2.21. The SMILES string of the molecule is CCN(CC)c1ccc(Nc2cc(NCc3ccco3)ncn2)cc1. The van der Waals surface area contributed by atoms with Crippen molar-refractivity contribution in [1.29, 1.82) is 0 Å². The summed E-state index contributed by atoms with van der Waals surface area (Å²) < 4.78 is 5.30. The second-order valence-corrected chi connectivity index (χ2v) is 5.57. The zero-order chi connectivity index (χ0) is 17.5. The van der Waals surface area contributed by atoms with E-state index in [4.69, 9.17) is 4.42 Å². The Bertz CT molecular complexity index is 767. The van der Waals surface area contributed by atoms with Crippen LogP contribution in [0.15, 0.2) is 59.5 Å². The Balaban J connectivity index is 1.63. The van der Waals surface area contributed by atoms with E-state index in [1.54, 1.807) is 6.26 Å². The summed E-state index contributed by atoms with van der Waals surface area (Å²) in [6.07, 6.45) is 3.20. The third-order valence-corrected chi connectivity index (χ3v) is 3.96. The molecule has 0 radical (unpaired) electrons. The van der Waals surface area contributed by atoms with E-state index in [1.807, 2.05) is 18.2 Å². The number of hydrogen-bond donors (Lipinski definition) is 2. The molecule has 130 valence electrons. The van der Waals surface area contributed by atoms with Crippen molar-refractivity contribution in [3.63, 3.8) is 0 Å². The molecule has 0 bridgehead atoms. The monoisotopic (exact) mass is 337 g/mol. The number of nitrogens with one attached hydrogen (secondary N) is 2. The molecule has 0 unspecified atom stereocenters. The molecule has 2 heterocycles. The third kappa shape index (κ3) is 4.50. The zero-order valence-electron chi connectivity index (χ0n) is 14.6. The Morgan fingerprint density at radius 1 is 1.00 bits per heavy atom. The van der Waals surface area contributed by atoms with Gasteiger partial charge in [-0.15, -0.1) is 0 Å². The summed E-state index contributed by atoms with van der Waals surface area (Å²) in [6.45, 7) is 6.91. The normalized spacial score (nSPS) is 10.5. The van der Waals surface area contributed by atoms with E-state index in [-0.39, 0.29) is 0 Å².